The summed E-state index contributed by atoms with van der Waals surface area (Å²) in [6.07, 6.45) is 5.85. The molecule has 0 bridgehead atoms. The lowest BCUT2D eigenvalue weighted by molar-refractivity contribution is -0.116. The molecule has 1 aliphatic heterocycles. The monoisotopic (exact) mass is 298 g/mol. The van der Waals surface area contributed by atoms with Crippen LogP contribution in [0.4, 0.5) is 0 Å². The summed E-state index contributed by atoms with van der Waals surface area (Å²) >= 11 is 0. The van der Waals surface area contributed by atoms with Crippen LogP contribution in [0, 0.1) is 6.92 Å². The lowest BCUT2D eigenvalue weighted by atomic mass is 9.76. The third-order valence-electron chi connectivity index (χ3n) is 5.06. The average Bonchev–Trinajstić information content (AvgIpc) is 2.78. The predicted molar refractivity (Wildman–Crippen MR) is 90.6 cm³/mol. The highest BCUT2D eigenvalue weighted by Crippen LogP contribution is 2.42. The summed E-state index contributed by atoms with van der Waals surface area (Å²) in [5, 5.41) is 6.78. The molecule has 1 aliphatic carbocycles. The molecule has 1 amide bonds. The fraction of sp³-hybridized carbons (Fsp3) is 0.526. The number of aryl methyl sites for hydroxylation is 1. The Morgan fingerprint density at radius 2 is 1.82 bits per heavy atom. The summed E-state index contributed by atoms with van der Waals surface area (Å²) in [6, 6.07) is 8.34. The first-order chi connectivity index (χ1) is 10.7. The Hall–Kier alpha value is -1.61. The molecule has 3 heteroatoms. The highest BCUT2D eigenvalue weighted by molar-refractivity contribution is 6.23. The summed E-state index contributed by atoms with van der Waals surface area (Å²) < 4.78 is 0. The molecule has 1 saturated carbocycles. The molecule has 0 atom stereocenters. The maximum Gasteiger partial charge on any atom is 0.252 e. The van der Waals surface area contributed by atoms with Gasteiger partial charge >= 0.3 is 0 Å². The van der Waals surface area contributed by atoms with E-state index in [0.717, 1.165) is 37.1 Å². The van der Waals surface area contributed by atoms with E-state index < -0.39 is 0 Å². The number of carbonyl (C=O) groups excluding carboxylic acids is 1. The molecule has 2 aliphatic rings. The van der Waals surface area contributed by atoms with Gasteiger partial charge in [-0.25, -0.2) is 0 Å². The zero-order chi connectivity index (χ0) is 15.6. The molecule has 1 aromatic carbocycles. The van der Waals surface area contributed by atoms with Gasteiger partial charge in [0.2, 0.25) is 0 Å². The van der Waals surface area contributed by atoms with Crippen molar-refractivity contribution in [2.45, 2.75) is 51.5 Å². The Balaban J connectivity index is 2.05. The molecule has 1 spiro atoms. The number of likely N-dealkylation sites (N-methyl/N-ethyl adjacent to an activating group) is 1. The number of hydrogen-bond donors (Lipinski definition) is 2. The molecule has 0 unspecified atom stereocenters. The molecule has 1 heterocycles. The summed E-state index contributed by atoms with van der Waals surface area (Å²) in [7, 11) is 0. The minimum absolute atomic E-state index is 0.0995. The van der Waals surface area contributed by atoms with Gasteiger partial charge < -0.3 is 10.6 Å². The fourth-order valence-electron chi connectivity index (χ4n) is 3.85. The van der Waals surface area contributed by atoms with Gasteiger partial charge in [0.05, 0.1) is 5.54 Å². The van der Waals surface area contributed by atoms with E-state index in [1.165, 1.54) is 30.4 Å². The molecule has 22 heavy (non-hydrogen) atoms. The highest BCUT2D eigenvalue weighted by atomic mass is 16.2. The van der Waals surface area contributed by atoms with E-state index in [1.54, 1.807) is 0 Å². The second-order valence-electron chi connectivity index (χ2n) is 6.60. The van der Waals surface area contributed by atoms with Crippen LogP contribution in [0.5, 0.6) is 0 Å². The first-order valence-corrected chi connectivity index (χ1v) is 8.50. The Morgan fingerprint density at radius 3 is 2.45 bits per heavy atom. The maximum absolute atomic E-state index is 12.7. The maximum atomic E-state index is 12.7. The van der Waals surface area contributed by atoms with Crippen LogP contribution in [0.15, 0.2) is 29.8 Å². The van der Waals surface area contributed by atoms with E-state index in [9.17, 15) is 4.79 Å². The number of hydrogen-bond acceptors (Lipinski definition) is 2. The molecule has 1 aromatic rings. The zero-order valence-electron chi connectivity index (χ0n) is 13.7. The van der Waals surface area contributed by atoms with Gasteiger partial charge in [0, 0.05) is 12.1 Å². The number of rotatable bonds is 4. The number of nitrogens with one attached hydrogen (secondary N) is 2. The van der Waals surface area contributed by atoms with Crippen LogP contribution >= 0.6 is 0 Å². The van der Waals surface area contributed by atoms with Gasteiger partial charge in [0.25, 0.3) is 5.91 Å². The van der Waals surface area contributed by atoms with E-state index in [4.69, 9.17) is 0 Å². The van der Waals surface area contributed by atoms with Crippen LogP contribution < -0.4 is 10.6 Å². The molecule has 2 N–H and O–H groups in total. The van der Waals surface area contributed by atoms with Gasteiger partial charge in [-0.2, -0.15) is 0 Å². The van der Waals surface area contributed by atoms with Crippen molar-refractivity contribution < 1.29 is 4.79 Å². The minimum atomic E-state index is -0.0995. The first-order valence-electron chi connectivity index (χ1n) is 8.50. The normalized spacial score (nSPS) is 20.5. The molecule has 0 saturated heterocycles. The molecular formula is C19H26N2O. The summed E-state index contributed by atoms with van der Waals surface area (Å²) in [6.45, 7) is 5.92. The van der Waals surface area contributed by atoms with Gasteiger partial charge in [-0.3, -0.25) is 4.79 Å². The second-order valence-corrected chi connectivity index (χ2v) is 6.60. The third kappa shape index (κ3) is 2.70. The molecule has 1 fully saturated rings. The summed E-state index contributed by atoms with van der Waals surface area (Å²) in [4.78, 5) is 12.7. The smallest absolute Gasteiger partial charge is 0.252 e. The van der Waals surface area contributed by atoms with Crippen LogP contribution in [-0.4, -0.2) is 24.5 Å². The summed E-state index contributed by atoms with van der Waals surface area (Å²) in [5.74, 6) is 0.110. The first kappa shape index (κ1) is 15.3. The van der Waals surface area contributed by atoms with Gasteiger partial charge in [0.15, 0.2) is 0 Å². The standard InChI is InChI=1S/C19H26N2O/c1-3-20-13-16-17(15-9-7-14(2)8-10-15)18(22)21-19(16)11-5-4-6-12-19/h7-10,20H,3-6,11-13H2,1-2H3,(H,21,22). The quantitative estimate of drug-likeness (QED) is 0.896. The van der Waals surface area contributed by atoms with Gasteiger partial charge in [-0.1, -0.05) is 56.0 Å². The Labute approximate surface area is 133 Å². The molecule has 3 rings (SSSR count). The van der Waals surface area contributed by atoms with Crippen LogP contribution in [0.3, 0.4) is 0 Å². The highest BCUT2D eigenvalue weighted by Gasteiger charge is 2.45. The SMILES string of the molecule is CCNCC1=C(c2ccc(C)cc2)C(=O)NC12CCCCC2. The Morgan fingerprint density at radius 1 is 1.14 bits per heavy atom. The van der Waals surface area contributed by atoms with Crippen molar-refractivity contribution in [3.05, 3.63) is 41.0 Å². The van der Waals surface area contributed by atoms with E-state index in [2.05, 4.69) is 48.7 Å². The van der Waals surface area contributed by atoms with E-state index in [1.807, 2.05) is 0 Å². The number of benzene rings is 1. The molecule has 118 valence electrons. The van der Waals surface area contributed by atoms with Crippen molar-refractivity contribution >= 4 is 11.5 Å². The largest absolute Gasteiger partial charge is 0.343 e. The van der Waals surface area contributed by atoms with E-state index >= 15 is 0 Å². The minimum Gasteiger partial charge on any atom is -0.343 e. The lowest BCUT2D eigenvalue weighted by Crippen LogP contribution is -2.47. The van der Waals surface area contributed by atoms with E-state index in [-0.39, 0.29) is 11.4 Å². The van der Waals surface area contributed by atoms with Gasteiger partial charge in [-0.05, 0) is 37.4 Å². The fourth-order valence-corrected chi connectivity index (χ4v) is 3.85. The van der Waals surface area contributed by atoms with Gasteiger partial charge in [0.1, 0.15) is 0 Å². The van der Waals surface area contributed by atoms with E-state index in [0.29, 0.717) is 0 Å². The number of carbonyl (C=O) groups is 1. The van der Waals surface area contributed by atoms with Crippen LogP contribution in [0.1, 0.15) is 50.2 Å². The van der Waals surface area contributed by atoms with Crippen LogP contribution in [0.25, 0.3) is 5.57 Å². The Bertz CT molecular complexity index is 580. The van der Waals surface area contributed by atoms with Crippen LogP contribution in [-0.2, 0) is 4.79 Å². The van der Waals surface area contributed by atoms with Crippen molar-refractivity contribution in [3.8, 4) is 0 Å². The lowest BCUT2D eigenvalue weighted by Gasteiger charge is -2.36. The van der Waals surface area contributed by atoms with Crippen molar-refractivity contribution in [3.63, 3.8) is 0 Å². The van der Waals surface area contributed by atoms with Crippen molar-refractivity contribution in [2.75, 3.05) is 13.1 Å². The second kappa shape index (κ2) is 6.25. The Kier molecular flexibility index (Phi) is 4.34. The van der Waals surface area contributed by atoms with Crippen molar-refractivity contribution in [1.29, 1.82) is 0 Å². The number of amides is 1. The topological polar surface area (TPSA) is 41.1 Å². The van der Waals surface area contributed by atoms with Crippen molar-refractivity contribution in [2.24, 2.45) is 0 Å². The third-order valence-corrected chi connectivity index (χ3v) is 5.06. The predicted octanol–water partition coefficient (Wildman–Crippen LogP) is 3.19. The molecule has 3 nitrogen and oxygen atoms in total. The van der Waals surface area contributed by atoms with Crippen molar-refractivity contribution in [1.82, 2.24) is 10.6 Å². The molecular weight excluding hydrogens is 272 g/mol. The molecule has 0 radical (unpaired) electrons. The summed E-state index contributed by atoms with van der Waals surface area (Å²) in [5.41, 5.74) is 4.37. The van der Waals surface area contributed by atoms with Crippen LogP contribution in [0.2, 0.25) is 0 Å². The zero-order valence-corrected chi connectivity index (χ0v) is 13.7. The average molecular weight is 298 g/mol. The molecule has 0 aromatic heterocycles. The van der Waals surface area contributed by atoms with Gasteiger partial charge in [-0.15, -0.1) is 0 Å².